The van der Waals surface area contributed by atoms with Gasteiger partial charge in [0, 0.05) is 45.7 Å². The normalized spacial score (nSPS) is 12.0. The van der Waals surface area contributed by atoms with Crippen molar-refractivity contribution in [2.24, 2.45) is 7.05 Å². The van der Waals surface area contributed by atoms with Gasteiger partial charge in [0.25, 0.3) is 0 Å². The first-order chi connectivity index (χ1) is 13.0. The Kier molecular flexibility index (Phi) is 7.12. The molecule has 0 unspecified atom stereocenters. The van der Waals surface area contributed by atoms with Gasteiger partial charge in [0.2, 0.25) is 12.3 Å². The van der Waals surface area contributed by atoms with Crippen LogP contribution in [0.1, 0.15) is 37.0 Å². The van der Waals surface area contributed by atoms with E-state index in [1.807, 2.05) is 25.5 Å². The highest BCUT2D eigenvalue weighted by molar-refractivity contribution is 5.80. The summed E-state index contributed by atoms with van der Waals surface area (Å²) in [6.07, 6.45) is 2.67. The number of carbonyl (C=O) groups excluding carboxylic acids is 2. The first-order valence-electron chi connectivity index (χ1n) is 9.33. The van der Waals surface area contributed by atoms with E-state index in [1.165, 1.54) is 16.0 Å². The number of aromatic nitrogens is 2. The summed E-state index contributed by atoms with van der Waals surface area (Å²) in [7, 11) is 3.47. The average molecular weight is 371 g/mol. The van der Waals surface area contributed by atoms with Crippen LogP contribution in [0.2, 0.25) is 0 Å². The van der Waals surface area contributed by atoms with E-state index in [1.54, 1.807) is 13.2 Å². The smallest absolute Gasteiger partial charge is 0.221 e. The summed E-state index contributed by atoms with van der Waals surface area (Å²) in [6, 6.07) is 4.37. The van der Waals surface area contributed by atoms with Crippen LogP contribution in [-0.2, 0) is 29.7 Å². The van der Waals surface area contributed by atoms with Crippen LogP contribution in [0, 0.1) is 6.92 Å². The number of imidazole rings is 1. The summed E-state index contributed by atoms with van der Waals surface area (Å²) in [6.45, 7) is 8.16. The lowest BCUT2D eigenvalue weighted by Crippen LogP contribution is -2.29. The first-order valence-corrected chi connectivity index (χ1v) is 9.33. The van der Waals surface area contributed by atoms with Crippen molar-refractivity contribution < 1.29 is 9.59 Å². The number of nitrogens with zero attached hydrogens (tertiary/aromatic N) is 3. The lowest BCUT2D eigenvalue weighted by molar-refractivity contribution is -0.120. The van der Waals surface area contributed by atoms with Gasteiger partial charge in [-0.3, -0.25) is 14.5 Å². The third-order valence-corrected chi connectivity index (χ3v) is 4.66. The van der Waals surface area contributed by atoms with E-state index in [4.69, 9.17) is 0 Å². The molecule has 0 saturated carbocycles. The number of hydrogen-bond acceptors (Lipinski definition) is 4. The fraction of sp³-hybridized carbons (Fsp3) is 0.450. The number of hydrogen-bond donors (Lipinski definition) is 2. The molecule has 0 fully saturated rings. The number of fused-ring (bicyclic) bond motifs is 1. The van der Waals surface area contributed by atoms with Crippen LogP contribution in [-0.4, -0.2) is 35.5 Å². The third-order valence-electron chi connectivity index (χ3n) is 4.66. The minimum atomic E-state index is -0.101. The summed E-state index contributed by atoms with van der Waals surface area (Å²) in [5.74, 6) is 1.39. The monoisotopic (exact) mass is 371 g/mol. The van der Waals surface area contributed by atoms with Gasteiger partial charge in [0.05, 0.1) is 6.20 Å². The van der Waals surface area contributed by atoms with Crippen molar-refractivity contribution in [3.8, 4) is 11.4 Å². The largest absolute Gasteiger partial charge is 0.359 e. The zero-order chi connectivity index (χ0) is 20.0. The molecule has 2 amide bonds. The molecular weight excluding hydrogens is 342 g/mol. The minimum absolute atomic E-state index is 0.101. The van der Waals surface area contributed by atoms with Crippen molar-refractivity contribution in [2.45, 2.75) is 40.3 Å². The zero-order valence-electron chi connectivity index (χ0n) is 16.8. The van der Waals surface area contributed by atoms with E-state index in [2.05, 4.69) is 34.7 Å². The molecule has 0 radical (unpaired) electrons. The van der Waals surface area contributed by atoms with Gasteiger partial charge in [-0.2, -0.15) is 0 Å². The van der Waals surface area contributed by atoms with Crippen LogP contribution in [0.4, 0.5) is 5.82 Å². The van der Waals surface area contributed by atoms with Gasteiger partial charge in [0.1, 0.15) is 11.6 Å². The molecule has 27 heavy (non-hydrogen) atoms. The number of nitrogens with one attached hydrogen (secondary N) is 2. The van der Waals surface area contributed by atoms with Gasteiger partial charge in [-0.05, 0) is 29.7 Å². The molecule has 1 aromatic carbocycles. The second-order valence-corrected chi connectivity index (χ2v) is 6.26. The molecule has 7 heteroatoms. The Bertz CT molecular complexity index is 813. The van der Waals surface area contributed by atoms with Gasteiger partial charge in [0.15, 0.2) is 0 Å². The van der Waals surface area contributed by atoms with Crippen LogP contribution >= 0.6 is 0 Å². The van der Waals surface area contributed by atoms with Gasteiger partial charge in [-0.1, -0.05) is 19.9 Å². The Morgan fingerprint density at radius 3 is 2.63 bits per heavy atom. The maximum absolute atomic E-state index is 11.5. The molecule has 7 nitrogen and oxygen atoms in total. The molecule has 0 atom stereocenters. The highest BCUT2D eigenvalue weighted by Gasteiger charge is 2.19. The van der Waals surface area contributed by atoms with E-state index in [0.717, 1.165) is 36.5 Å². The topological polar surface area (TPSA) is 79.3 Å². The summed E-state index contributed by atoms with van der Waals surface area (Å²) in [4.78, 5) is 29.0. The highest BCUT2D eigenvalue weighted by atomic mass is 16.2. The summed E-state index contributed by atoms with van der Waals surface area (Å²) in [5.41, 5.74) is 4.84. The molecule has 1 aliphatic rings. The van der Waals surface area contributed by atoms with Crippen LogP contribution in [0.15, 0.2) is 18.3 Å². The molecule has 2 aromatic rings. The zero-order valence-corrected chi connectivity index (χ0v) is 16.8. The fourth-order valence-electron chi connectivity index (χ4n) is 3.20. The Hall–Kier alpha value is -2.67. The standard InChI is InChI=1S/C18H23N5O2.C2H6/c1-12-6-13-8-20-9-14(13)7-15(12)18-21-10-17(22(18)3)23(11-24)5-4-16(25)19-2;1-2/h6-7,10-11,20H,4-5,8-9H2,1-3H3,(H,19,25);1-2H3. The van der Waals surface area contributed by atoms with E-state index < -0.39 is 0 Å². The van der Waals surface area contributed by atoms with Crippen molar-refractivity contribution >= 4 is 18.1 Å². The fourth-order valence-corrected chi connectivity index (χ4v) is 3.20. The van der Waals surface area contributed by atoms with E-state index in [-0.39, 0.29) is 12.3 Å². The van der Waals surface area contributed by atoms with Crippen LogP contribution in [0.3, 0.4) is 0 Å². The van der Waals surface area contributed by atoms with Gasteiger partial charge in [-0.15, -0.1) is 0 Å². The maximum Gasteiger partial charge on any atom is 0.221 e. The summed E-state index contributed by atoms with van der Waals surface area (Å²) < 4.78 is 1.90. The Balaban J connectivity index is 0.00000126. The SMILES string of the molecule is CC.CNC(=O)CCN(C=O)c1cnc(-c2cc3c(cc2C)CNC3)n1C. The molecular formula is C20H29N5O2. The molecule has 2 N–H and O–H groups in total. The molecule has 146 valence electrons. The van der Waals surface area contributed by atoms with Gasteiger partial charge in [-0.25, -0.2) is 4.98 Å². The second kappa shape index (κ2) is 9.32. The summed E-state index contributed by atoms with van der Waals surface area (Å²) >= 11 is 0. The first kappa shape index (κ1) is 20.6. The molecule has 1 aromatic heterocycles. The maximum atomic E-state index is 11.5. The van der Waals surface area contributed by atoms with Crippen molar-refractivity contribution in [3.63, 3.8) is 0 Å². The van der Waals surface area contributed by atoms with E-state index in [9.17, 15) is 9.59 Å². The van der Waals surface area contributed by atoms with E-state index in [0.29, 0.717) is 12.4 Å². The Labute approximate surface area is 160 Å². The van der Waals surface area contributed by atoms with Crippen LogP contribution < -0.4 is 15.5 Å². The molecule has 0 bridgehead atoms. The number of benzene rings is 1. The Morgan fingerprint density at radius 2 is 2.00 bits per heavy atom. The molecule has 1 aliphatic heterocycles. The predicted molar refractivity (Wildman–Crippen MR) is 107 cm³/mol. The molecule has 0 spiro atoms. The van der Waals surface area contributed by atoms with Crippen LogP contribution in [0.25, 0.3) is 11.4 Å². The molecule has 2 heterocycles. The second-order valence-electron chi connectivity index (χ2n) is 6.26. The van der Waals surface area contributed by atoms with Gasteiger partial charge < -0.3 is 15.2 Å². The lowest BCUT2D eigenvalue weighted by atomic mass is 10.0. The van der Waals surface area contributed by atoms with Crippen molar-refractivity contribution in [1.82, 2.24) is 20.2 Å². The van der Waals surface area contributed by atoms with Crippen molar-refractivity contribution in [2.75, 3.05) is 18.5 Å². The van der Waals surface area contributed by atoms with Crippen molar-refractivity contribution in [3.05, 3.63) is 35.0 Å². The minimum Gasteiger partial charge on any atom is -0.359 e. The molecule has 0 aliphatic carbocycles. The molecule has 0 saturated heterocycles. The lowest BCUT2D eigenvalue weighted by Gasteiger charge is -2.18. The van der Waals surface area contributed by atoms with Gasteiger partial charge >= 0.3 is 0 Å². The van der Waals surface area contributed by atoms with Crippen LogP contribution in [0.5, 0.6) is 0 Å². The van der Waals surface area contributed by atoms with E-state index >= 15 is 0 Å². The molecule has 3 rings (SSSR count). The number of aryl methyl sites for hydroxylation is 1. The third kappa shape index (κ3) is 4.36. The number of amides is 2. The number of rotatable bonds is 6. The highest BCUT2D eigenvalue weighted by Crippen LogP contribution is 2.30. The number of carbonyl (C=O) groups is 2. The predicted octanol–water partition coefficient (Wildman–Crippen LogP) is 2.12. The quantitative estimate of drug-likeness (QED) is 0.763. The summed E-state index contributed by atoms with van der Waals surface area (Å²) in [5, 5.41) is 5.92. The number of anilines is 1. The Morgan fingerprint density at radius 1 is 1.33 bits per heavy atom. The van der Waals surface area contributed by atoms with Crippen molar-refractivity contribution in [1.29, 1.82) is 0 Å². The average Bonchev–Trinajstić information content (AvgIpc) is 3.29.